The van der Waals surface area contributed by atoms with E-state index >= 15 is 0 Å². The van der Waals surface area contributed by atoms with Gasteiger partial charge >= 0.3 is 0 Å². The quantitative estimate of drug-likeness (QED) is 0.296. The third-order valence-corrected chi connectivity index (χ3v) is 5.86. The van der Waals surface area contributed by atoms with Crippen molar-refractivity contribution in [2.45, 2.75) is 10.6 Å². The summed E-state index contributed by atoms with van der Waals surface area (Å²) in [5.74, 6) is 2.17. The summed E-state index contributed by atoms with van der Waals surface area (Å²) in [5.41, 5.74) is 2.48. The molecular weight excluding hydrogens is 426 g/mol. The fourth-order valence-corrected chi connectivity index (χ4v) is 3.86. The summed E-state index contributed by atoms with van der Waals surface area (Å²) in [5, 5.41) is 3.65. The molecule has 31 heavy (non-hydrogen) atoms. The lowest BCUT2D eigenvalue weighted by atomic mass is 10.1. The highest BCUT2D eigenvalue weighted by atomic mass is 35.5. The Morgan fingerprint density at radius 1 is 0.774 bits per heavy atom. The first kappa shape index (κ1) is 21.0. The standard InChI is InChI=1S/C26H20ClNO2S/c27-21-10-16-25(17-11-21)31-18-19-6-8-20(9-7-19)26(29)28-22-12-14-24(15-13-22)30-23-4-2-1-3-5-23/h1-17H,18H2,(H,28,29). The number of benzene rings is 4. The van der Waals surface area contributed by atoms with Crippen LogP contribution in [0.4, 0.5) is 5.69 Å². The summed E-state index contributed by atoms with van der Waals surface area (Å²) in [7, 11) is 0. The number of amides is 1. The van der Waals surface area contributed by atoms with Crippen LogP contribution in [0.1, 0.15) is 15.9 Å². The lowest BCUT2D eigenvalue weighted by Gasteiger charge is -2.09. The number of thioether (sulfide) groups is 1. The number of ether oxygens (including phenoxy) is 1. The van der Waals surface area contributed by atoms with Crippen molar-refractivity contribution < 1.29 is 9.53 Å². The van der Waals surface area contributed by atoms with Crippen molar-refractivity contribution in [3.8, 4) is 11.5 Å². The molecule has 4 aromatic rings. The SMILES string of the molecule is O=C(Nc1ccc(Oc2ccccc2)cc1)c1ccc(CSc2ccc(Cl)cc2)cc1. The Morgan fingerprint density at radius 2 is 1.42 bits per heavy atom. The minimum atomic E-state index is -0.145. The van der Waals surface area contributed by atoms with Crippen LogP contribution in [-0.2, 0) is 5.75 Å². The van der Waals surface area contributed by atoms with Crippen molar-refractivity contribution in [3.63, 3.8) is 0 Å². The van der Waals surface area contributed by atoms with E-state index in [-0.39, 0.29) is 5.91 Å². The minimum Gasteiger partial charge on any atom is -0.457 e. The fraction of sp³-hybridized carbons (Fsp3) is 0.0385. The number of hydrogen-bond acceptors (Lipinski definition) is 3. The van der Waals surface area contributed by atoms with Crippen LogP contribution >= 0.6 is 23.4 Å². The van der Waals surface area contributed by atoms with Gasteiger partial charge in [-0.3, -0.25) is 4.79 Å². The molecule has 4 aromatic carbocycles. The van der Waals surface area contributed by atoms with E-state index in [1.165, 1.54) is 0 Å². The first-order chi connectivity index (χ1) is 15.2. The number of nitrogens with one attached hydrogen (secondary N) is 1. The van der Waals surface area contributed by atoms with Crippen molar-refractivity contribution >= 4 is 35.0 Å². The first-order valence-corrected chi connectivity index (χ1v) is 11.1. The number of hydrogen-bond donors (Lipinski definition) is 1. The molecule has 0 aromatic heterocycles. The molecule has 4 rings (SSSR count). The van der Waals surface area contributed by atoms with Gasteiger partial charge in [0.15, 0.2) is 0 Å². The number of carbonyl (C=O) groups is 1. The molecule has 0 fully saturated rings. The monoisotopic (exact) mass is 445 g/mol. The molecule has 5 heteroatoms. The molecule has 0 bridgehead atoms. The molecule has 0 saturated carbocycles. The topological polar surface area (TPSA) is 38.3 Å². The van der Waals surface area contributed by atoms with E-state index < -0.39 is 0 Å². The van der Waals surface area contributed by atoms with E-state index in [9.17, 15) is 4.79 Å². The summed E-state index contributed by atoms with van der Waals surface area (Å²) in [4.78, 5) is 13.7. The number of para-hydroxylation sites is 1. The molecule has 0 radical (unpaired) electrons. The van der Waals surface area contributed by atoms with Crippen LogP contribution in [0.2, 0.25) is 5.02 Å². The van der Waals surface area contributed by atoms with Gasteiger partial charge in [-0.25, -0.2) is 0 Å². The Bertz CT molecular complexity index is 1130. The zero-order valence-electron chi connectivity index (χ0n) is 16.6. The van der Waals surface area contributed by atoms with Crippen LogP contribution in [0, 0.1) is 0 Å². The summed E-state index contributed by atoms with van der Waals surface area (Å²) in [6.07, 6.45) is 0. The van der Waals surface area contributed by atoms with E-state index in [1.54, 1.807) is 11.8 Å². The molecule has 3 nitrogen and oxygen atoms in total. The molecule has 0 heterocycles. The van der Waals surface area contributed by atoms with Crippen LogP contribution in [0.3, 0.4) is 0 Å². The van der Waals surface area contributed by atoms with Crippen molar-refractivity contribution in [1.29, 1.82) is 0 Å². The molecule has 0 atom stereocenters. The molecule has 154 valence electrons. The lowest BCUT2D eigenvalue weighted by Crippen LogP contribution is -2.11. The molecule has 0 aliphatic carbocycles. The largest absolute Gasteiger partial charge is 0.457 e. The molecule has 0 aliphatic heterocycles. The molecule has 0 saturated heterocycles. The van der Waals surface area contributed by atoms with E-state index in [0.717, 1.165) is 27.0 Å². The Balaban J connectivity index is 1.31. The zero-order chi connectivity index (χ0) is 21.5. The predicted molar refractivity (Wildman–Crippen MR) is 128 cm³/mol. The first-order valence-electron chi connectivity index (χ1n) is 9.77. The Hall–Kier alpha value is -3.21. The third-order valence-electron chi connectivity index (χ3n) is 4.53. The average molecular weight is 446 g/mol. The van der Waals surface area contributed by atoms with E-state index in [2.05, 4.69) is 5.32 Å². The number of anilines is 1. The Kier molecular flexibility index (Phi) is 6.92. The summed E-state index contributed by atoms with van der Waals surface area (Å²) in [6, 6.07) is 32.3. The van der Waals surface area contributed by atoms with Gasteiger partial charge in [0.05, 0.1) is 0 Å². The number of carbonyl (C=O) groups excluding carboxylic acids is 1. The van der Waals surface area contributed by atoms with Gasteiger partial charge in [0.1, 0.15) is 11.5 Å². The van der Waals surface area contributed by atoms with Gasteiger partial charge in [-0.05, 0) is 78.4 Å². The van der Waals surface area contributed by atoms with Gasteiger partial charge in [0.25, 0.3) is 5.91 Å². The van der Waals surface area contributed by atoms with Crippen molar-refractivity contribution in [3.05, 3.63) is 119 Å². The third kappa shape index (κ3) is 6.14. The Labute approximate surface area is 191 Å². The van der Waals surface area contributed by atoms with Crippen molar-refractivity contribution in [2.24, 2.45) is 0 Å². The van der Waals surface area contributed by atoms with Crippen molar-refractivity contribution in [2.75, 3.05) is 5.32 Å². The number of halogens is 1. The van der Waals surface area contributed by atoms with Crippen LogP contribution in [0.5, 0.6) is 11.5 Å². The van der Waals surface area contributed by atoms with E-state index in [1.807, 2.05) is 103 Å². The second-order valence-electron chi connectivity index (χ2n) is 6.83. The maximum absolute atomic E-state index is 12.6. The summed E-state index contributed by atoms with van der Waals surface area (Å²) < 4.78 is 5.78. The highest BCUT2D eigenvalue weighted by Gasteiger charge is 2.07. The predicted octanol–water partition coefficient (Wildman–Crippen LogP) is 7.68. The maximum Gasteiger partial charge on any atom is 0.255 e. The Morgan fingerprint density at radius 3 is 2.10 bits per heavy atom. The maximum atomic E-state index is 12.6. The smallest absolute Gasteiger partial charge is 0.255 e. The number of rotatable bonds is 7. The van der Waals surface area contributed by atoms with E-state index in [4.69, 9.17) is 16.3 Å². The van der Waals surface area contributed by atoms with Gasteiger partial charge in [-0.1, -0.05) is 41.9 Å². The highest BCUT2D eigenvalue weighted by molar-refractivity contribution is 7.98. The normalized spacial score (nSPS) is 10.5. The van der Waals surface area contributed by atoms with Crippen molar-refractivity contribution in [1.82, 2.24) is 0 Å². The molecule has 0 spiro atoms. The van der Waals surface area contributed by atoms with E-state index in [0.29, 0.717) is 17.0 Å². The van der Waals surface area contributed by atoms with Gasteiger partial charge in [0, 0.05) is 26.9 Å². The molecular formula is C26H20ClNO2S. The molecule has 1 amide bonds. The lowest BCUT2D eigenvalue weighted by molar-refractivity contribution is 0.102. The molecule has 1 N–H and O–H groups in total. The van der Waals surface area contributed by atoms with Gasteiger partial charge in [0.2, 0.25) is 0 Å². The van der Waals surface area contributed by atoms with Gasteiger partial charge < -0.3 is 10.1 Å². The van der Waals surface area contributed by atoms with Crippen LogP contribution < -0.4 is 10.1 Å². The summed E-state index contributed by atoms with van der Waals surface area (Å²) >= 11 is 7.65. The van der Waals surface area contributed by atoms with Crippen LogP contribution in [-0.4, -0.2) is 5.91 Å². The second kappa shape index (κ2) is 10.2. The second-order valence-corrected chi connectivity index (χ2v) is 8.32. The van der Waals surface area contributed by atoms with Gasteiger partial charge in [-0.2, -0.15) is 0 Å². The highest BCUT2D eigenvalue weighted by Crippen LogP contribution is 2.25. The molecule has 0 unspecified atom stereocenters. The summed E-state index contributed by atoms with van der Waals surface area (Å²) in [6.45, 7) is 0. The van der Waals surface area contributed by atoms with Gasteiger partial charge in [-0.15, -0.1) is 11.8 Å². The zero-order valence-corrected chi connectivity index (χ0v) is 18.2. The van der Waals surface area contributed by atoms with Crippen LogP contribution in [0.25, 0.3) is 0 Å². The minimum absolute atomic E-state index is 0.145. The fourth-order valence-electron chi connectivity index (χ4n) is 2.88. The van der Waals surface area contributed by atoms with Crippen LogP contribution in [0.15, 0.2) is 108 Å². The average Bonchev–Trinajstić information content (AvgIpc) is 2.81. The molecule has 0 aliphatic rings.